The molecule has 2 aromatic carbocycles. The van der Waals surface area contributed by atoms with Crippen LogP contribution in [-0.2, 0) is 16.0 Å². The van der Waals surface area contributed by atoms with Crippen LogP contribution in [0.4, 0.5) is 5.69 Å². The zero-order valence-electron chi connectivity index (χ0n) is 16.7. The zero-order valence-corrected chi connectivity index (χ0v) is 16.7. The smallest absolute Gasteiger partial charge is 0.224 e. The predicted octanol–water partition coefficient (Wildman–Crippen LogP) is 4.04. The van der Waals surface area contributed by atoms with Gasteiger partial charge in [-0.1, -0.05) is 36.4 Å². The first kappa shape index (κ1) is 19.5. The van der Waals surface area contributed by atoms with Crippen LogP contribution in [0, 0.1) is 5.92 Å². The van der Waals surface area contributed by atoms with Gasteiger partial charge in [0.15, 0.2) is 0 Å². The molecular weight excluding hydrogens is 364 g/mol. The summed E-state index contributed by atoms with van der Waals surface area (Å²) in [6, 6.07) is 16.4. The minimum Gasteiger partial charge on any atom is -0.494 e. The molecule has 4 rings (SSSR count). The van der Waals surface area contributed by atoms with Crippen molar-refractivity contribution in [1.29, 1.82) is 0 Å². The summed E-state index contributed by atoms with van der Waals surface area (Å²) >= 11 is 0. The maximum atomic E-state index is 12.1. The average molecular weight is 392 g/mol. The van der Waals surface area contributed by atoms with Gasteiger partial charge in [-0.05, 0) is 54.7 Å². The number of benzene rings is 2. The number of ether oxygens (including phenoxy) is 1. The quantitative estimate of drug-likeness (QED) is 0.666. The lowest BCUT2D eigenvalue weighted by molar-refractivity contribution is -0.121. The largest absolute Gasteiger partial charge is 0.494 e. The van der Waals surface area contributed by atoms with Crippen LogP contribution < -0.4 is 15.4 Å². The number of aryl methyl sites for hydroxylation is 1. The Balaban J connectivity index is 1.10. The summed E-state index contributed by atoms with van der Waals surface area (Å²) < 4.78 is 5.75. The molecule has 0 saturated heterocycles. The number of anilines is 1. The third-order valence-electron chi connectivity index (χ3n) is 5.89. The number of carbonyl (C=O) groups is 2. The second-order valence-corrected chi connectivity index (χ2v) is 8.07. The number of fused-ring (bicyclic) bond motifs is 1. The van der Waals surface area contributed by atoms with Gasteiger partial charge in [-0.2, -0.15) is 0 Å². The minimum absolute atomic E-state index is 0.0490. The fourth-order valence-electron chi connectivity index (χ4n) is 4.11. The predicted molar refractivity (Wildman–Crippen MR) is 113 cm³/mol. The molecule has 1 saturated carbocycles. The van der Waals surface area contributed by atoms with Gasteiger partial charge >= 0.3 is 0 Å². The van der Waals surface area contributed by atoms with E-state index < -0.39 is 0 Å². The standard InChI is InChI=1S/C24H28N2O3/c27-23(25-16-17-13-20(14-17)18-5-2-1-3-6-18)7-4-12-29-21-10-8-19-9-11-24(28)26-22(19)15-21/h1-3,5-6,8,10,15,17,20H,4,7,9,11-14,16H2,(H,25,27)(H,26,28). The topological polar surface area (TPSA) is 67.4 Å². The fraction of sp³-hybridized carbons (Fsp3) is 0.417. The van der Waals surface area contributed by atoms with E-state index in [0.717, 1.165) is 42.8 Å². The van der Waals surface area contributed by atoms with Gasteiger partial charge in [-0.3, -0.25) is 9.59 Å². The highest BCUT2D eigenvalue weighted by atomic mass is 16.5. The Labute approximate surface area is 171 Å². The second kappa shape index (κ2) is 9.12. The monoisotopic (exact) mass is 392 g/mol. The summed E-state index contributed by atoms with van der Waals surface area (Å²) in [6.45, 7) is 1.26. The highest BCUT2D eigenvalue weighted by Gasteiger charge is 2.30. The second-order valence-electron chi connectivity index (χ2n) is 8.07. The molecule has 2 N–H and O–H groups in total. The number of carbonyl (C=O) groups excluding carboxylic acids is 2. The van der Waals surface area contributed by atoms with Crippen molar-refractivity contribution >= 4 is 17.5 Å². The van der Waals surface area contributed by atoms with E-state index in [-0.39, 0.29) is 11.8 Å². The molecule has 2 aromatic rings. The molecule has 29 heavy (non-hydrogen) atoms. The molecule has 0 spiro atoms. The van der Waals surface area contributed by atoms with E-state index in [1.165, 1.54) is 5.56 Å². The Morgan fingerprint density at radius 3 is 2.76 bits per heavy atom. The molecular formula is C24H28N2O3. The first-order valence-corrected chi connectivity index (χ1v) is 10.5. The summed E-state index contributed by atoms with van der Waals surface area (Å²) in [6.07, 6.45) is 4.76. The van der Waals surface area contributed by atoms with Gasteiger partial charge in [-0.25, -0.2) is 0 Å². The summed E-state index contributed by atoms with van der Waals surface area (Å²) in [5.74, 6) is 2.11. The van der Waals surface area contributed by atoms with E-state index in [1.54, 1.807) is 0 Å². The summed E-state index contributed by atoms with van der Waals surface area (Å²) in [5, 5.41) is 5.94. The van der Waals surface area contributed by atoms with E-state index in [9.17, 15) is 9.59 Å². The molecule has 152 valence electrons. The first-order valence-electron chi connectivity index (χ1n) is 10.5. The van der Waals surface area contributed by atoms with Crippen LogP contribution in [0.1, 0.15) is 49.1 Å². The highest BCUT2D eigenvalue weighted by Crippen LogP contribution is 2.41. The van der Waals surface area contributed by atoms with Crippen molar-refractivity contribution in [3.63, 3.8) is 0 Å². The molecule has 0 bridgehead atoms. The van der Waals surface area contributed by atoms with Crippen molar-refractivity contribution in [1.82, 2.24) is 5.32 Å². The molecule has 5 nitrogen and oxygen atoms in total. The number of hydrogen-bond donors (Lipinski definition) is 2. The van der Waals surface area contributed by atoms with Crippen LogP contribution in [0.2, 0.25) is 0 Å². The van der Waals surface area contributed by atoms with E-state index in [2.05, 4.69) is 34.9 Å². The van der Waals surface area contributed by atoms with Gasteiger partial charge in [0.05, 0.1) is 6.61 Å². The lowest BCUT2D eigenvalue weighted by Crippen LogP contribution is -2.35. The van der Waals surface area contributed by atoms with Crippen molar-refractivity contribution in [3.8, 4) is 5.75 Å². The number of rotatable bonds is 8. The third kappa shape index (κ3) is 5.17. The molecule has 0 atom stereocenters. The molecule has 1 aliphatic carbocycles. The van der Waals surface area contributed by atoms with Crippen molar-refractivity contribution in [2.24, 2.45) is 5.92 Å². The van der Waals surface area contributed by atoms with Gasteiger partial charge in [0.25, 0.3) is 0 Å². The van der Waals surface area contributed by atoms with Gasteiger partial charge < -0.3 is 15.4 Å². The summed E-state index contributed by atoms with van der Waals surface area (Å²) in [4.78, 5) is 23.6. The van der Waals surface area contributed by atoms with Crippen LogP contribution >= 0.6 is 0 Å². The molecule has 5 heteroatoms. The molecule has 0 unspecified atom stereocenters. The lowest BCUT2D eigenvalue weighted by Gasteiger charge is -2.35. The molecule has 2 amide bonds. The van der Waals surface area contributed by atoms with E-state index in [0.29, 0.717) is 37.7 Å². The summed E-state index contributed by atoms with van der Waals surface area (Å²) in [5.41, 5.74) is 3.39. The van der Waals surface area contributed by atoms with Crippen LogP contribution in [0.3, 0.4) is 0 Å². The Morgan fingerprint density at radius 1 is 1.10 bits per heavy atom. The van der Waals surface area contributed by atoms with E-state index in [4.69, 9.17) is 4.74 Å². The molecule has 1 fully saturated rings. The third-order valence-corrected chi connectivity index (χ3v) is 5.89. The van der Waals surface area contributed by atoms with Crippen LogP contribution in [0.15, 0.2) is 48.5 Å². The maximum absolute atomic E-state index is 12.1. The van der Waals surface area contributed by atoms with Crippen LogP contribution in [0.25, 0.3) is 0 Å². The van der Waals surface area contributed by atoms with Crippen molar-refractivity contribution in [2.75, 3.05) is 18.5 Å². The van der Waals surface area contributed by atoms with Crippen LogP contribution in [0.5, 0.6) is 5.75 Å². The maximum Gasteiger partial charge on any atom is 0.224 e. The normalized spacial score (nSPS) is 20.2. The first-order chi connectivity index (χ1) is 14.2. The van der Waals surface area contributed by atoms with Gasteiger partial charge in [0.1, 0.15) is 5.75 Å². The molecule has 1 heterocycles. The average Bonchev–Trinajstić information content (AvgIpc) is 2.70. The molecule has 2 aliphatic rings. The van der Waals surface area contributed by atoms with Crippen molar-refractivity contribution in [3.05, 3.63) is 59.7 Å². The number of nitrogens with one attached hydrogen (secondary N) is 2. The Kier molecular flexibility index (Phi) is 6.13. The number of amides is 2. The Bertz CT molecular complexity index is 860. The van der Waals surface area contributed by atoms with Crippen molar-refractivity contribution < 1.29 is 14.3 Å². The van der Waals surface area contributed by atoms with Crippen LogP contribution in [-0.4, -0.2) is 25.0 Å². The van der Waals surface area contributed by atoms with Gasteiger partial charge in [0.2, 0.25) is 11.8 Å². The van der Waals surface area contributed by atoms with E-state index in [1.807, 2.05) is 24.3 Å². The molecule has 0 radical (unpaired) electrons. The van der Waals surface area contributed by atoms with Gasteiger partial charge in [0, 0.05) is 31.1 Å². The molecule has 0 aromatic heterocycles. The highest BCUT2D eigenvalue weighted by molar-refractivity contribution is 5.94. The Morgan fingerprint density at radius 2 is 1.93 bits per heavy atom. The lowest BCUT2D eigenvalue weighted by atomic mass is 9.71. The van der Waals surface area contributed by atoms with E-state index >= 15 is 0 Å². The fourth-order valence-corrected chi connectivity index (χ4v) is 4.11. The SMILES string of the molecule is O=C(CCCOc1ccc2c(c1)NC(=O)CC2)NCC1CC(c2ccccc2)C1. The minimum atomic E-state index is 0.0490. The number of hydrogen-bond acceptors (Lipinski definition) is 3. The Hall–Kier alpha value is -2.82. The zero-order chi connectivity index (χ0) is 20.1. The molecule has 1 aliphatic heterocycles. The van der Waals surface area contributed by atoms with Crippen molar-refractivity contribution in [2.45, 2.75) is 44.4 Å². The summed E-state index contributed by atoms with van der Waals surface area (Å²) in [7, 11) is 0. The van der Waals surface area contributed by atoms with Gasteiger partial charge in [-0.15, -0.1) is 0 Å².